The lowest BCUT2D eigenvalue weighted by Gasteiger charge is -2.23. The number of hydrogen-bond donors (Lipinski definition) is 2. The number of methoxy groups -OCH3 is 1. The Hall–Kier alpha value is -1.10. The summed E-state index contributed by atoms with van der Waals surface area (Å²) < 4.78 is 5.12. The number of ether oxygens (including phenoxy) is 1. The molecule has 0 aliphatic heterocycles. The highest BCUT2D eigenvalue weighted by Gasteiger charge is 2.17. The second kappa shape index (κ2) is 6.40. The van der Waals surface area contributed by atoms with Gasteiger partial charge in [0.1, 0.15) is 0 Å². The van der Waals surface area contributed by atoms with Gasteiger partial charge in [-0.1, -0.05) is 0 Å². The van der Waals surface area contributed by atoms with E-state index in [-0.39, 0.29) is 24.3 Å². The summed E-state index contributed by atoms with van der Waals surface area (Å²) in [6.45, 7) is 4.16. The summed E-state index contributed by atoms with van der Waals surface area (Å²) in [7, 11) is 1.58. The highest BCUT2D eigenvalue weighted by Crippen LogP contribution is 2.05. The maximum absolute atomic E-state index is 11.2. The van der Waals surface area contributed by atoms with E-state index < -0.39 is 5.97 Å². The van der Waals surface area contributed by atoms with E-state index in [0.717, 1.165) is 0 Å². The first-order valence-electron chi connectivity index (χ1n) is 4.91. The fourth-order valence-electron chi connectivity index (χ4n) is 0.872. The summed E-state index contributed by atoms with van der Waals surface area (Å²) in [5.74, 6) is -1.01. The minimum Gasteiger partial charge on any atom is -0.481 e. The van der Waals surface area contributed by atoms with Crippen molar-refractivity contribution in [2.75, 3.05) is 13.7 Å². The standard InChI is InChI=1S/C10H19NO4/c1-10(2,15-3)7-11-8(12)5-4-6-9(13)14/h4-7H2,1-3H3,(H,11,12)(H,13,14). The summed E-state index contributed by atoms with van der Waals surface area (Å²) in [4.78, 5) is 21.4. The van der Waals surface area contributed by atoms with Crippen LogP contribution in [-0.4, -0.2) is 36.2 Å². The molecule has 1 amide bonds. The van der Waals surface area contributed by atoms with Crippen molar-refractivity contribution < 1.29 is 19.4 Å². The van der Waals surface area contributed by atoms with E-state index in [9.17, 15) is 9.59 Å². The van der Waals surface area contributed by atoms with Gasteiger partial charge in [-0.3, -0.25) is 9.59 Å². The Morgan fingerprint density at radius 2 is 1.93 bits per heavy atom. The van der Waals surface area contributed by atoms with E-state index in [2.05, 4.69) is 5.32 Å². The number of carbonyl (C=O) groups is 2. The molecule has 0 aliphatic rings. The number of nitrogens with one attached hydrogen (secondary N) is 1. The molecule has 0 aromatic heterocycles. The molecule has 0 rings (SSSR count). The van der Waals surface area contributed by atoms with Crippen molar-refractivity contribution in [3.8, 4) is 0 Å². The lowest BCUT2D eigenvalue weighted by Crippen LogP contribution is -2.39. The van der Waals surface area contributed by atoms with Crippen molar-refractivity contribution in [1.82, 2.24) is 5.32 Å². The van der Waals surface area contributed by atoms with Crippen LogP contribution in [0.5, 0.6) is 0 Å². The Bertz CT molecular complexity index is 225. The van der Waals surface area contributed by atoms with E-state index in [0.29, 0.717) is 13.0 Å². The Kier molecular flexibility index (Phi) is 5.93. The quantitative estimate of drug-likeness (QED) is 0.661. The van der Waals surface area contributed by atoms with Crippen molar-refractivity contribution in [2.24, 2.45) is 0 Å². The van der Waals surface area contributed by atoms with Gasteiger partial charge in [0, 0.05) is 26.5 Å². The van der Waals surface area contributed by atoms with Crippen LogP contribution in [0.3, 0.4) is 0 Å². The van der Waals surface area contributed by atoms with Crippen LogP contribution in [0.4, 0.5) is 0 Å². The first kappa shape index (κ1) is 13.9. The summed E-state index contributed by atoms with van der Waals surface area (Å²) >= 11 is 0. The zero-order valence-corrected chi connectivity index (χ0v) is 9.50. The highest BCUT2D eigenvalue weighted by atomic mass is 16.5. The van der Waals surface area contributed by atoms with Gasteiger partial charge in [-0.25, -0.2) is 0 Å². The Labute approximate surface area is 89.8 Å². The Balaban J connectivity index is 3.62. The lowest BCUT2D eigenvalue weighted by atomic mass is 10.1. The fourth-order valence-corrected chi connectivity index (χ4v) is 0.872. The molecule has 88 valence electrons. The molecule has 0 unspecified atom stereocenters. The predicted molar refractivity (Wildman–Crippen MR) is 55.6 cm³/mol. The van der Waals surface area contributed by atoms with Crippen molar-refractivity contribution in [2.45, 2.75) is 38.7 Å². The maximum Gasteiger partial charge on any atom is 0.303 e. The molecular weight excluding hydrogens is 198 g/mol. The van der Waals surface area contributed by atoms with Crippen LogP contribution in [0, 0.1) is 0 Å². The number of carboxylic acids is 1. The van der Waals surface area contributed by atoms with Gasteiger partial charge >= 0.3 is 5.97 Å². The molecule has 0 aromatic rings. The molecule has 0 aliphatic carbocycles. The molecule has 2 N–H and O–H groups in total. The zero-order chi connectivity index (χ0) is 11.9. The van der Waals surface area contributed by atoms with Crippen LogP contribution in [0.2, 0.25) is 0 Å². The molecule has 0 saturated heterocycles. The number of carboxylic acid groups (broad SMARTS) is 1. The summed E-state index contributed by atoms with van der Waals surface area (Å²) in [5, 5.41) is 11.1. The molecule has 5 heteroatoms. The molecule has 0 bridgehead atoms. The van der Waals surface area contributed by atoms with Crippen LogP contribution in [0.15, 0.2) is 0 Å². The monoisotopic (exact) mass is 217 g/mol. The minimum absolute atomic E-state index is 0.0289. The average molecular weight is 217 g/mol. The highest BCUT2D eigenvalue weighted by molar-refractivity contribution is 5.76. The number of carbonyl (C=O) groups excluding carboxylic acids is 1. The van der Waals surface area contributed by atoms with Gasteiger partial charge < -0.3 is 15.2 Å². The second-order valence-corrected chi connectivity index (χ2v) is 3.99. The third-order valence-electron chi connectivity index (χ3n) is 2.06. The Morgan fingerprint density at radius 3 is 2.40 bits per heavy atom. The van der Waals surface area contributed by atoms with Crippen molar-refractivity contribution in [1.29, 1.82) is 0 Å². The van der Waals surface area contributed by atoms with Gasteiger partial charge in [-0.05, 0) is 20.3 Å². The van der Waals surface area contributed by atoms with Crippen LogP contribution in [-0.2, 0) is 14.3 Å². The smallest absolute Gasteiger partial charge is 0.303 e. The average Bonchev–Trinajstić information content (AvgIpc) is 2.14. The molecule has 0 aromatic carbocycles. The molecular formula is C10H19NO4. The summed E-state index contributed by atoms with van der Waals surface area (Å²) in [6, 6.07) is 0. The van der Waals surface area contributed by atoms with Gasteiger partial charge in [0.05, 0.1) is 5.60 Å². The van der Waals surface area contributed by atoms with Crippen LogP contribution in [0.25, 0.3) is 0 Å². The third-order valence-corrected chi connectivity index (χ3v) is 2.06. The molecule has 15 heavy (non-hydrogen) atoms. The van der Waals surface area contributed by atoms with Crippen molar-refractivity contribution in [3.63, 3.8) is 0 Å². The van der Waals surface area contributed by atoms with Gasteiger partial charge in [0.25, 0.3) is 0 Å². The Morgan fingerprint density at radius 1 is 1.33 bits per heavy atom. The largest absolute Gasteiger partial charge is 0.481 e. The SMILES string of the molecule is COC(C)(C)CNC(=O)CCCC(=O)O. The van der Waals surface area contributed by atoms with Gasteiger partial charge in [0.2, 0.25) is 5.91 Å². The van der Waals surface area contributed by atoms with E-state index in [1.807, 2.05) is 13.8 Å². The van der Waals surface area contributed by atoms with E-state index in [1.165, 1.54) is 0 Å². The number of hydrogen-bond acceptors (Lipinski definition) is 3. The fraction of sp³-hybridized carbons (Fsp3) is 0.800. The number of rotatable bonds is 7. The normalized spacial score (nSPS) is 11.1. The first-order chi connectivity index (χ1) is 6.87. The topological polar surface area (TPSA) is 75.6 Å². The van der Waals surface area contributed by atoms with E-state index in [4.69, 9.17) is 9.84 Å². The zero-order valence-electron chi connectivity index (χ0n) is 9.50. The molecule has 0 fully saturated rings. The predicted octanol–water partition coefficient (Wildman–Crippen LogP) is 0.782. The van der Waals surface area contributed by atoms with Crippen LogP contribution >= 0.6 is 0 Å². The number of amides is 1. The molecule has 5 nitrogen and oxygen atoms in total. The van der Waals surface area contributed by atoms with Crippen molar-refractivity contribution in [3.05, 3.63) is 0 Å². The van der Waals surface area contributed by atoms with Gasteiger partial charge in [-0.15, -0.1) is 0 Å². The summed E-state index contributed by atoms with van der Waals surface area (Å²) in [6.07, 6.45) is 0.641. The molecule has 0 heterocycles. The minimum atomic E-state index is -0.875. The molecule has 0 saturated carbocycles. The van der Waals surface area contributed by atoms with Crippen LogP contribution in [0.1, 0.15) is 33.1 Å². The van der Waals surface area contributed by atoms with E-state index >= 15 is 0 Å². The maximum atomic E-state index is 11.2. The first-order valence-corrected chi connectivity index (χ1v) is 4.91. The van der Waals surface area contributed by atoms with Gasteiger partial charge in [-0.2, -0.15) is 0 Å². The van der Waals surface area contributed by atoms with Crippen LogP contribution < -0.4 is 5.32 Å². The molecule has 0 atom stereocenters. The summed E-state index contributed by atoms with van der Waals surface area (Å²) in [5.41, 5.74) is -0.386. The number of aliphatic carboxylic acids is 1. The van der Waals surface area contributed by atoms with Gasteiger partial charge in [0.15, 0.2) is 0 Å². The molecule has 0 spiro atoms. The second-order valence-electron chi connectivity index (χ2n) is 3.99. The van der Waals surface area contributed by atoms with Crippen molar-refractivity contribution >= 4 is 11.9 Å². The third kappa shape index (κ3) is 7.93. The molecule has 0 radical (unpaired) electrons. The lowest BCUT2D eigenvalue weighted by molar-refractivity contribution is -0.137. The van der Waals surface area contributed by atoms with E-state index in [1.54, 1.807) is 7.11 Å².